The van der Waals surface area contributed by atoms with Crippen molar-refractivity contribution in [2.24, 2.45) is 5.73 Å². The van der Waals surface area contributed by atoms with Crippen LogP contribution in [0.5, 0.6) is 0 Å². The van der Waals surface area contributed by atoms with Gasteiger partial charge in [-0.25, -0.2) is 9.37 Å². The summed E-state index contributed by atoms with van der Waals surface area (Å²) in [5, 5.41) is 0.683. The van der Waals surface area contributed by atoms with Crippen LogP contribution in [0.2, 0.25) is 0 Å². The lowest BCUT2D eigenvalue weighted by molar-refractivity contribution is 0.596. The number of nitrogens with zero attached hydrogens (tertiary/aromatic N) is 1. The summed E-state index contributed by atoms with van der Waals surface area (Å²) in [4.78, 5) is 8.21. The molecule has 0 fully saturated rings. The fourth-order valence-corrected chi connectivity index (χ4v) is 2.94. The Balaban J connectivity index is 1.91. The van der Waals surface area contributed by atoms with Crippen LogP contribution in [0.4, 0.5) is 4.39 Å². The molecule has 0 amide bonds. The Morgan fingerprint density at radius 3 is 2.76 bits per heavy atom. The predicted molar refractivity (Wildman–Crippen MR) is 84.0 cm³/mol. The van der Waals surface area contributed by atoms with Crippen LogP contribution < -0.4 is 5.73 Å². The van der Waals surface area contributed by atoms with Crippen LogP contribution in [0, 0.1) is 12.7 Å². The molecular formula is C16H16FN3S. The van der Waals surface area contributed by atoms with Gasteiger partial charge >= 0.3 is 0 Å². The van der Waals surface area contributed by atoms with Crippen molar-refractivity contribution in [1.82, 2.24) is 9.97 Å². The van der Waals surface area contributed by atoms with E-state index in [-0.39, 0.29) is 11.9 Å². The summed E-state index contributed by atoms with van der Waals surface area (Å²) < 4.78 is 14.1. The van der Waals surface area contributed by atoms with Gasteiger partial charge in [-0.1, -0.05) is 12.1 Å². The molecule has 3 nitrogen and oxygen atoms in total. The molecule has 1 atom stereocenters. The van der Waals surface area contributed by atoms with Crippen molar-refractivity contribution >= 4 is 22.8 Å². The summed E-state index contributed by atoms with van der Waals surface area (Å²) in [5.74, 6) is -0.272. The molecule has 0 aliphatic heterocycles. The zero-order valence-corrected chi connectivity index (χ0v) is 12.7. The van der Waals surface area contributed by atoms with E-state index in [2.05, 4.69) is 9.97 Å². The smallest absolute Gasteiger partial charge is 0.171 e. The highest BCUT2D eigenvalue weighted by Gasteiger charge is 2.10. The molecule has 0 saturated carbocycles. The number of aromatic amines is 1. The SMILES string of the molecule is Cc1ccc2nc(Sc3ccc([C@H](C)N)cc3F)[nH]c2c1. The Morgan fingerprint density at radius 1 is 1.24 bits per heavy atom. The molecule has 0 bridgehead atoms. The van der Waals surface area contributed by atoms with Crippen molar-refractivity contribution in [3.8, 4) is 0 Å². The molecule has 0 unspecified atom stereocenters. The van der Waals surface area contributed by atoms with Gasteiger partial charge in [0.05, 0.1) is 15.9 Å². The Bertz CT molecular complexity index is 795. The van der Waals surface area contributed by atoms with Crippen molar-refractivity contribution in [3.05, 3.63) is 53.3 Å². The standard InChI is InChI=1S/C16H16FN3S/c1-9-3-5-13-14(7-9)20-16(19-13)21-15-6-4-11(10(2)18)8-12(15)17/h3-8,10H,18H2,1-2H3,(H,19,20)/t10-/m0/s1. The van der Waals surface area contributed by atoms with E-state index in [9.17, 15) is 4.39 Å². The van der Waals surface area contributed by atoms with E-state index in [1.54, 1.807) is 6.07 Å². The van der Waals surface area contributed by atoms with Gasteiger partial charge in [-0.15, -0.1) is 0 Å². The van der Waals surface area contributed by atoms with Crippen LogP contribution >= 0.6 is 11.8 Å². The quantitative estimate of drug-likeness (QED) is 0.763. The van der Waals surface area contributed by atoms with Gasteiger partial charge < -0.3 is 10.7 Å². The Hall–Kier alpha value is -1.85. The van der Waals surface area contributed by atoms with E-state index in [0.29, 0.717) is 10.1 Å². The van der Waals surface area contributed by atoms with Crippen LogP contribution in [0.3, 0.4) is 0 Å². The summed E-state index contributed by atoms with van der Waals surface area (Å²) in [5.41, 5.74) is 9.56. The highest BCUT2D eigenvalue weighted by atomic mass is 32.2. The fourth-order valence-electron chi connectivity index (χ4n) is 2.14. The van der Waals surface area contributed by atoms with Gasteiger partial charge in [0, 0.05) is 6.04 Å². The molecule has 1 aromatic heterocycles. The number of halogens is 1. The Kier molecular flexibility index (Phi) is 3.69. The van der Waals surface area contributed by atoms with Gasteiger partial charge in [0.25, 0.3) is 0 Å². The summed E-state index contributed by atoms with van der Waals surface area (Å²) in [6.07, 6.45) is 0. The predicted octanol–water partition coefficient (Wildman–Crippen LogP) is 4.18. The molecule has 0 aliphatic rings. The molecule has 108 valence electrons. The first-order chi connectivity index (χ1) is 10.0. The first kappa shape index (κ1) is 14.1. The molecule has 5 heteroatoms. The normalized spacial score (nSPS) is 12.8. The number of aromatic nitrogens is 2. The first-order valence-electron chi connectivity index (χ1n) is 6.72. The van der Waals surface area contributed by atoms with Gasteiger partial charge in [0.1, 0.15) is 5.82 Å². The maximum absolute atomic E-state index is 14.1. The molecule has 3 rings (SSSR count). The van der Waals surface area contributed by atoms with E-state index >= 15 is 0 Å². The minimum absolute atomic E-state index is 0.173. The second kappa shape index (κ2) is 5.50. The molecule has 21 heavy (non-hydrogen) atoms. The van der Waals surface area contributed by atoms with Gasteiger partial charge in [0.2, 0.25) is 0 Å². The van der Waals surface area contributed by atoms with Crippen molar-refractivity contribution < 1.29 is 4.39 Å². The fraction of sp³-hybridized carbons (Fsp3) is 0.188. The van der Waals surface area contributed by atoms with Gasteiger partial charge in [-0.3, -0.25) is 0 Å². The summed E-state index contributed by atoms with van der Waals surface area (Å²) in [6.45, 7) is 3.86. The Morgan fingerprint density at radius 2 is 2.05 bits per heavy atom. The molecule has 3 aromatic rings. The third kappa shape index (κ3) is 2.94. The van der Waals surface area contributed by atoms with Crippen LogP contribution in [-0.4, -0.2) is 9.97 Å². The summed E-state index contributed by atoms with van der Waals surface area (Å²) in [6, 6.07) is 10.9. The maximum Gasteiger partial charge on any atom is 0.171 e. The Labute approximate surface area is 126 Å². The summed E-state index contributed by atoms with van der Waals surface area (Å²) >= 11 is 1.28. The highest BCUT2D eigenvalue weighted by Crippen LogP contribution is 2.30. The number of fused-ring (bicyclic) bond motifs is 1. The zero-order chi connectivity index (χ0) is 15.0. The molecular weight excluding hydrogens is 285 g/mol. The molecule has 3 N–H and O–H groups in total. The lowest BCUT2D eigenvalue weighted by Gasteiger charge is -2.07. The van der Waals surface area contributed by atoms with Crippen molar-refractivity contribution in [3.63, 3.8) is 0 Å². The highest BCUT2D eigenvalue weighted by molar-refractivity contribution is 7.99. The minimum Gasteiger partial charge on any atom is -0.333 e. The zero-order valence-electron chi connectivity index (χ0n) is 11.9. The van der Waals surface area contributed by atoms with Crippen molar-refractivity contribution in [2.45, 2.75) is 29.9 Å². The lowest BCUT2D eigenvalue weighted by Crippen LogP contribution is -2.05. The molecule has 0 saturated heterocycles. The number of H-pyrrole nitrogens is 1. The average molecular weight is 301 g/mol. The van der Waals surface area contributed by atoms with E-state index in [0.717, 1.165) is 22.2 Å². The molecule has 2 aromatic carbocycles. The van der Waals surface area contributed by atoms with Crippen molar-refractivity contribution in [2.75, 3.05) is 0 Å². The van der Waals surface area contributed by atoms with E-state index in [1.165, 1.54) is 17.8 Å². The number of hydrogen-bond donors (Lipinski definition) is 2. The number of benzene rings is 2. The number of imidazole rings is 1. The van der Waals surface area contributed by atoms with Crippen LogP contribution in [0.15, 0.2) is 46.5 Å². The molecule has 1 heterocycles. The number of aryl methyl sites for hydroxylation is 1. The third-order valence-corrected chi connectivity index (χ3v) is 4.24. The topological polar surface area (TPSA) is 54.7 Å². The number of rotatable bonds is 3. The maximum atomic E-state index is 14.1. The first-order valence-corrected chi connectivity index (χ1v) is 7.54. The molecule has 0 spiro atoms. The van der Waals surface area contributed by atoms with E-state index in [4.69, 9.17) is 5.73 Å². The second-order valence-electron chi connectivity index (χ2n) is 5.14. The average Bonchev–Trinajstić information content (AvgIpc) is 2.82. The van der Waals surface area contributed by atoms with E-state index < -0.39 is 0 Å². The second-order valence-corrected chi connectivity index (χ2v) is 6.17. The lowest BCUT2D eigenvalue weighted by atomic mass is 10.1. The van der Waals surface area contributed by atoms with E-state index in [1.807, 2.05) is 38.1 Å². The number of nitrogens with one attached hydrogen (secondary N) is 1. The van der Waals surface area contributed by atoms with Gasteiger partial charge in [-0.05, 0) is 61.0 Å². The van der Waals surface area contributed by atoms with Crippen molar-refractivity contribution in [1.29, 1.82) is 0 Å². The van der Waals surface area contributed by atoms with Gasteiger partial charge in [0.15, 0.2) is 5.16 Å². The summed E-state index contributed by atoms with van der Waals surface area (Å²) in [7, 11) is 0. The number of hydrogen-bond acceptors (Lipinski definition) is 3. The monoisotopic (exact) mass is 301 g/mol. The third-order valence-electron chi connectivity index (χ3n) is 3.30. The number of nitrogens with two attached hydrogens (primary N) is 1. The van der Waals surface area contributed by atoms with Gasteiger partial charge in [-0.2, -0.15) is 0 Å². The largest absolute Gasteiger partial charge is 0.333 e. The van der Waals surface area contributed by atoms with Crippen LogP contribution in [-0.2, 0) is 0 Å². The molecule has 0 radical (unpaired) electrons. The van der Waals surface area contributed by atoms with Crippen LogP contribution in [0.1, 0.15) is 24.1 Å². The minimum atomic E-state index is -0.272. The van der Waals surface area contributed by atoms with Crippen LogP contribution in [0.25, 0.3) is 11.0 Å². The molecule has 0 aliphatic carbocycles.